The minimum Gasteiger partial charge on any atom is -0.445 e. The van der Waals surface area contributed by atoms with Crippen LogP contribution in [0, 0.1) is 5.92 Å². The second-order valence-electron chi connectivity index (χ2n) is 7.05. The second kappa shape index (κ2) is 11.3. The molecule has 9 heteroatoms. The first-order chi connectivity index (χ1) is 14.3. The van der Waals surface area contributed by atoms with Crippen molar-refractivity contribution in [1.29, 1.82) is 0 Å². The lowest BCUT2D eigenvalue weighted by Crippen LogP contribution is -2.55. The zero-order valence-electron chi connectivity index (χ0n) is 16.8. The molecule has 0 saturated carbocycles. The van der Waals surface area contributed by atoms with Gasteiger partial charge in [-0.3, -0.25) is 9.59 Å². The summed E-state index contributed by atoms with van der Waals surface area (Å²) in [7, 11) is 0. The highest BCUT2D eigenvalue weighted by atomic mass is 79.9. The number of nitrogens with one attached hydrogen (secondary N) is 2. The summed E-state index contributed by atoms with van der Waals surface area (Å²) in [6, 6.07) is 10.8. The largest absolute Gasteiger partial charge is 0.445 e. The van der Waals surface area contributed by atoms with Crippen molar-refractivity contribution in [3.63, 3.8) is 0 Å². The van der Waals surface area contributed by atoms with Gasteiger partial charge in [0, 0.05) is 12.6 Å². The van der Waals surface area contributed by atoms with Crippen LogP contribution in [0.1, 0.15) is 25.0 Å². The number of hydrogen-bond acceptors (Lipinski definition) is 5. The lowest BCUT2D eigenvalue weighted by molar-refractivity contribution is -0.129. The van der Waals surface area contributed by atoms with Crippen molar-refractivity contribution >= 4 is 33.8 Å². The summed E-state index contributed by atoms with van der Waals surface area (Å²) in [5.41, 5.74) is 7.02. The lowest BCUT2D eigenvalue weighted by Gasteiger charge is -2.24. The smallest absolute Gasteiger partial charge is 0.408 e. The monoisotopic (exact) mass is 476 g/mol. The first-order valence-electron chi connectivity index (χ1n) is 9.44. The van der Waals surface area contributed by atoms with E-state index in [4.69, 9.17) is 10.5 Å². The maximum Gasteiger partial charge on any atom is 0.408 e. The van der Waals surface area contributed by atoms with Crippen molar-refractivity contribution in [2.75, 3.05) is 0 Å². The summed E-state index contributed by atoms with van der Waals surface area (Å²) >= 11 is 3.31. The number of halogens is 1. The van der Waals surface area contributed by atoms with Gasteiger partial charge < -0.3 is 21.1 Å². The van der Waals surface area contributed by atoms with Crippen LogP contribution in [0.15, 0.2) is 53.3 Å². The van der Waals surface area contributed by atoms with Gasteiger partial charge in [-0.1, -0.05) is 50.2 Å². The number of alkyl carbamates (subject to hydrolysis) is 1. The number of carbonyl (C=O) groups excluding carboxylic acids is 3. The van der Waals surface area contributed by atoms with Crippen molar-refractivity contribution in [3.8, 4) is 0 Å². The van der Waals surface area contributed by atoms with Crippen LogP contribution in [0.25, 0.3) is 0 Å². The molecule has 30 heavy (non-hydrogen) atoms. The molecule has 0 aliphatic heterocycles. The van der Waals surface area contributed by atoms with Gasteiger partial charge in [-0.25, -0.2) is 9.78 Å². The van der Waals surface area contributed by atoms with Gasteiger partial charge in [0.15, 0.2) is 0 Å². The van der Waals surface area contributed by atoms with Crippen molar-refractivity contribution < 1.29 is 19.1 Å². The fourth-order valence-corrected chi connectivity index (χ4v) is 3.11. The van der Waals surface area contributed by atoms with Crippen molar-refractivity contribution in [1.82, 2.24) is 15.6 Å². The highest BCUT2D eigenvalue weighted by molar-refractivity contribution is 9.10. The summed E-state index contributed by atoms with van der Waals surface area (Å²) in [6.07, 6.45) is 1.04. The van der Waals surface area contributed by atoms with E-state index in [2.05, 4.69) is 31.5 Å². The van der Waals surface area contributed by atoms with Crippen LogP contribution < -0.4 is 16.4 Å². The first kappa shape index (κ1) is 23.3. The Hall–Kier alpha value is -2.94. The van der Waals surface area contributed by atoms with E-state index in [0.717, 1.165) is 11.1 Å². The molecular weight excluding hydrogens is 452 g/mol. The van der Waals surface area contributed by atoms with Crippen LogP contribution in [0.3, 0.4) is 0 Å². The molecule has 2 atom stereocenters. The van der Waals surface area contributed by atoms with Gasteiger partial charge in [-0.15, -0.1) is 0 Å². The molecule has 2 aromatic rings. The zero-order valence-corrected chi connectivity index (χ0v) is 18.4. The Kier molecular flexibility index (Phi) is 8.79. The van der Waals surface area contributed by atoms with E-state index < -0.39 is 30.0 Å². The van der Waals surface area contributed by atoms with Crippen LogP contribution in [0.5, 0.6) is 0 Å². The molecule has 3 amide bonds. The Labute approximate surface area is 183 Å². The number of aromatic nitrogens is 1. The number of primary amides is 1. The van der Waals surface area contributed by atoms with Gasteiger partial charge in [0.25, 0.3) is 0 Å². The summed E-state index contributed by atoms with van der Waals surface area (Å²) in [5.74, 6) is -1.45. The minimum absolute atomic E-state index is 0.0814. The molecule has 4 N–H and O–H groups in total. The Balaban J connectivity index is 1.99. The Morgan fingerprint density at radius 3 is 2.40 bits per heavy atom. The maximum atomic E-state index is 12.8. The third-order valence-electron chi connectivity index (χ3n) is 4.36. The standard InChI is InChI=1S/C21H25BrN4O4/c1-13(2)17(26-21(29)30-12-14-7-4-3-5-8-14)20(28)25-16(19(23)27)11-15-9-6-10-24-18(15)22/h3-10,13,16-17H,11-12H2,1-2H3,(H2,23,27)(H,25,28)(H,26,29)/t16-,17+/m0/s1. The molecule has 2 rings (SSSR count). The molecule has 0 fully saturated rings. The number of nitrogens with two attached hydrogens (primary N) is 1. The maximum absolute atomic E-state index is 12.8. The van der Waals surface area contributed by atoms with E-state index >= 15 is 0 Å². The topological polar surface area (TPSA) is 123 Å². The molecular formula is C21H25BrN4O4. The molecule has 0 bridgehead atoms. The molecule has 0 spiro atoms. The predicted octanol–water partition coefficient (Wildman–Crippen LogP) is 2.31. The van der Waals surface area contributed by atoms with E-state index in [9.17, 15) is 14.4 Å². The van der Waals surface area contributed by atoms with E-state index in [1.807, 2.05) is 30.3 Å². The fraction of sp³-hybridized carbons (Fsp3) is 0.333. The second-order valence-corrected chi connectivity index (χ2v) is 7.80. The first-order valence-corrected chi connectivity index (χ1v) is 10.2. The number of amides is 3. The summed E-state index contributed by atoms with van der Waals surface area (Å²) < 4.78 is 5.75. The number of rotatable bonds is 9. The molecule has 0 aliphatic carbocycles. The van der Waals surface area contributed by atoms with Gasteiger partial charge in [0.2, 0.25) is 11.8 Å². The highest BCUT2D eigenvalue weighted by Crippen LogP contribution is 2.15. The van der Waals surface area contributed by atoms with Crippen LogP contribution in [-0.4, -0.2) is 35.0 Å². The van der Waals surface area contributed by atoms with Crippen LogP contribution >= 0.6 is 15.9 Å². The quantitative estimate of drug-likeness (QED) is 0.479. The zero-order chi connectivity index (χ0) is 22.1. The molecule has 1 aromatic carbocycles. The summed E-state index contributed by atoms with van der Waals surface area (Å²) in [4.78, 5) is 40.9. The lowest BCUT2D eigenvalue weighted by atomic mass is 10.0. The normalized spacial score (nSPS) is 12.7. The number of nitrogens with zero attached hydrogens (tertiary/aromatic N) is 1. The number of pyridine rings is 1. The average Bonchev–Trinajstić information content (AvgIpc) is 2.71. The Morgan fingerprint density at radius 2 is 1.80 bits per heavy atom. The van der Waals surface area contributed by atoms with Gasteiger partial charge >= 0.3 is 6.09 Å². The van der Waals surface area contributed by atoms with Gasteiger partial charge in [0.05, 0.1) is 0 Å². The third kappa shape index (κ3) is 7.14. The van der Waals surface area contributed by atoms with E-state index in [1.54, 1.807) is 32.2 Å². The van der Waals surface area contributed by atoms with Crippen molar-refractivity contribution in [2.45, 2.75) is 39.0 Å². The van der Waals surface area contributed by atoms with Crippen molar-refractivity contribution in [2.24, 2.45) is 11.7 Å². The van der Waals surface area contributed by atoms with Crippen LogP contribution in [-0.2, 0) is 27.4 Å². The Morgan fingerprint density at radius 1 is 1.10 bits per heavy atom. The predicted molar refractivity (Wildman–Crippen MR) is 115 cm³/mol. The fourth-order valence-electron chi connectivity index (χ4n) is 2.70. The molecule has 1 aromatic heterocycles. The SMILES string of the molecule is CC(C)[C@@H](NC(=O)OCc1ccccc1)C(=O)N[C@@H](Cc1cccnc1Br)C(N)=O. The number of ether oxygens (including phenoxy) is 1. The van der Waals surface area contributed by atoms with Crippen LogP contribution in [0.2, 0.25) is 0 Å². The number of benzene rings is 1. The molecule has 0 unspecified atom stereocenters. The molecule has 0 aliphatic rings. The molecule has 1 heterocycles. The van der Waals surface area contributed by atoms with E-state index in [-0.39, 0.29) is 18.9 Å². The van der Waals surface area contributed by atoms with E-state index in [1.165, 1.54) is 0 Å². The summed E-state index contributed by atoms with van der Waals surface area (Å²) in [6.45, 7) is 3.63. The van der Waals surface area contributed by atoms with Crippen LogP contribution in [0.4, 0.5) is 4.79 Å². The van der Waals surface area contributed by atoms with Gasteiger partial charge in [-0.05, 0) is 39.0 Å². The summed E-state index contributed by atoms with van der Waals surface area (Å²) in [5, 5.41) is 5.18. The number of hydrogen-bond donors (Lipinski definition) is 3. The van der Waals surface area contributed by atoms with E-state index in [0.29, 0.717) is 4.60 Å². The van der Waals surface area contributed by atoms with Gasteiger partial charge in [-0.2, -0.15) is 0 Å². The Bertz CT molecular complexity index is 876. The third-order valence-corrected chi connectivity index (χ3v) is 5.07. The van der Waals surface area contributed by atoms with Crippen molar-refractivity contribution in [3.05, 3.63) is 64.4 Å². The molecule has 0 radical (unpaired) electrons. The average molecular weight is 477 g/mol. The number of carbonyl (C=O) groups is 3. The molecule has 0 saturated heterocycles. The minimum atomic E-state index is -0.957. The van der Waals surface area contributed by atoms with Gasteiger partial charge in [0.1, 0.15) is 23.3 Å². The molecule has 8 nitrogen and oxygen atoms in total. The highest BCUT2D eigenvalue weighted by Gasteiger charge is 2.29. The molecule has 160 valence electrons.